The summed E-state index contributed by atoms with van der Waals surface area (Å²) in [4.78, 5) is 16.9. The summed E-state index contributed by atoms with van der Waals surface area (Å²) in [6.07, 6.45) is 8.70. The summed E-state index contributed by atoms with van der Waals surface area (Å²) in [7, 11) is 0. The van der Waals surface area contributed by atoms with Crippen LogP contribution in [0.5, 0.6) is 0 Å². The van der Waals surface area contributed by atoms with Crippen molar-refractivity contribution >= 4 is 38.7 Å². The van der Waals surface area contributed by atoms with E-state index in [9.17, 15) is 4.79 Å². The minimum Gasteiger partial charge on any atom is -0.397 e. The molecule has 0 saturated heterocycles. The Morgan fingerprint density at radius 3 is 3.00 bits per heavy atom. The number of fused-ring (bicyclic) bond motifs is 1. The molecule has 3 rings (SSSR count). The molecule has 5 heteroatoms. The lowest BCUT2D eigenvalue weighted by Gasteiger charge is -2.04. The van der Waals surface area contributed by atoms with Crippen LogP contribution >= 0.6 is 11.3 Å². The number of benzene rings is 1. The number of anilines is 2. The number of carbonyl (C=O) groups excluding carboxylic acids is 1. The van der Waals surface area contributed by atoms with E-state index < -0.39 is 0 Å². The molecule has 21 heavy (non-hydrogen) atoms. The van der Waals surface area contributed by atoms with Gasteiger partial charge in [-0.25, -0.2) is 0 Å². The predicted molar refractivity (Wildman–Crippen MR) is 86.4 cm³/mol. The molecule has 0 saturated carbocycles. The number of amides is 1. The first-order valence-electron chi connectivity index (χ1n) is 6.19. The van der Waals surface area contributed by atoms with Crippen LogP contribution in [0.2, 0.25) is 0 Å². The van der Waals surface area contributed by atoms with Crippen molar-refractivity contribution in [3.63, 3.8) is 0 Å². The highest BCUT2D eigenvalue weighted by Crippen LogP contribution is 2.33. The third kappa shape index (κ3) is 2.45. The zero-order valence-electron chi connectivity index (χ0n) is 11.0. The number of aromatic nitrogens is 1. The second kappa shape index (κ2) is 5.27. The molecule has 0 unspecified atom stereocenters. The highest BCUT2D eigenvalue weighted by atomic mass is 32.1. The number of hydrogen-bond donors (Lipinski definition) is 2. The molecule has 0 atom stereocenters. The number of terminal acetylenes is 1. The number of carbonyl (C=O) groups is 1. The molecule has 0 aliphatic rings. The van der Waals surface area contributed by atoms with Crippen LogP contribution in [0.15, 0.2) is 42.7 Å². The van der Waals surface area contributed by atoms with Gasteiger partial charge in [-0.3, -0.25) is 9.78 Å². The fourth-order valence-electron chi connectivity index (χ4n) is 2.01. The molecule has 0 aliphatic carbocycles. The molecule has 1 aromatic carbocycles. The van der Waals surface area contributed by atoms with Crippen LogP contribution in [0.1, 0.15) is 15.2 Å². The lowest BCUT2D eigenvalue weighted by atomic mass is 10.2. The maximum absolute atomic E-state index is 12.4. The number of rotatable bonds is 2. The molecule has 2 heterocycles. The van der Waals surface area contributed by atoms with Crippen LogP contribution in [0.4, 0.5) is 11.4 Å². The summed E-state index contributed by atoms with van der Waals surface area (Å²) in [5.41, 5.74) is 7.87. The van der Waals surface area contributed by atoms with E-state index >= 15 is 0 Å². The van der Waals surface area contributed by atoms with Crippen LogP contribution in [0.3, 0.4) is 0 Å². The van der Waals surface area contributed by atoms with E-state index in [1.807, 2.05) is 0 Å². The van der Waals surface area contributed by atoms with E-state index in [1.54, 1.807) is 42.7 Å². The minimum atomic E-state index is -0.247. The van der Waals surface area contributed by atoms with Gasteiger partial charge >= 0.3 is 0 Å². The number of nitrogens with zero attached hydrogens (tertiary/aromatic N) is 1. The quantitative estimate of drug-likeness (QED) is 0.713. The normalized spacial score (nSPS) is 10.2. The second-order valence-corrected chi connectivity index (χ2v) is 5.45. The van der Waals surface area contributed by atoms with Crippen LogP contribution in [0, 0.1) is 12.3 Å². The van der Waals surface area contributed by atoms with E-state index in [0.717, 1.165) is 10.1 Å². The van der Waals surface area contributed by atoms with Crippen molar-refractivity contribution in [3.05, 3.63) is 53.2 Å². The molecule has 2 aromatic heterocycles. The monoisotopic (exact) mass is 293 g/mol. The highest BCUT2D eigenvalue weighted by molar-refractivity contribution is 7.21. The Morgan fingerprint density at radius 1 is 1.38 bits per heavy atom. The van der Waals surface area contributed by atoms with E-state index in [4.69, 9.17) is 12.2 Å². The Hall–Kier alpha value is -2.84. The van der Waals surface area contributed by atoms with Gasteiger partial charge in [0, 0.05) is 29.0 Å². The van der Waals surface area contributed by atoms with Crippen LogP contribution in [0.25, 0.3) is 10.1 Å². The Labute approximate surface area is 125 Å². The third-order valence-corrected chi connectivity index (χ3v) is 4.18. The zero-order chi connectivity index (χ0) is 14.8. The third-order valence-electron chi connectivity index (χ3n) is 3.02. The fraction of sp³-hybridized carbons (Fsp3) is 0. The van der Waals surface area contributed by atoms with Crippen molar-refractivity contribution in [3.8, 4) is 12.3 Å². The average Bonchev–Trinajstić information content (AvgIpc) is 2.85. The van der Waals surface area contributed by atoms with Crippen molar-refractivity contribution in [2.45, 2.75) is 0 Å². The molecule has 3 aromatic rings. The zero-order valence-corrected chi connectivity index (χ0v) is 11.8. The van der Waals surface area contributed by atoms with Gasteiger partial charge in [0.2, 0.25) is 0 Å². The van der Waals surface area contributed by atoms with Crippen LogP contribution in [-0.4, -0.2) is 10.9 Å². The number of pyridine rings is 1. The van der Waals surface area contributed by atoms with Gasteiger partial charge in [0.15, 0.2) is 0 Å². The van der Waals surface area contributed by atoms with E-state index in [1.165, 1.54) is 11.3 Å². The SMILES string of the molecule is C#Cc1cccc(NC(=O)c2sc3cnccc3c2N)c1. The molecular weight excluding hydrogens is 282 g/mol. The van der Waals surface area contributed by atoms with Gasteiger partial charge in [-0.05, 0) is 24.3 Å². The first kappa shape index (κ1) is 13.2. The Morgan fingerprint density at radius 2 is 2.24 bits per heavy atom. The summed E-state index contributed by atoms with van der Waals surface area (Å²) >= 11 is 1.32. The Kier molecular flexibility index (Phi) is 3.30. The van der Waals surface area contributed by atoms with Crippen LogP contribution in [-0.2, 0) is 0 Å². The number of nitrogen functional groups attached to an aromatic ring is 1. The summed E-state index contributed by atoms with van der Waals surface area (Å²) in [5, 5.41) is 3.66. The number of thiophene rings is 1. The fourth-order valence-corrected chi connectivity index (χ4v) is 3.00. The van der Waals surface area contributed by atoms with E-state index in [-0.39, 0.29) is 5.91 Å². The van der Waals surface area contributed by atoms with Crippen molar-refractivity contribution < 1.29 is 4.79 Å². The Balaban J connectivity index is 1.94. The topological polar surface area (TPSA) is 68.0 Å². The Bertz CT molecular complexity index is 877. The number of nitrogens with two attached hydrogens (primary N) is 1. The molecule has 1 amide bonds. The molecular formula is C16H11N3OS. The smallest absolute Gasteiger partial charge is 0.267 e. The predicted octanol–water partition coefficient (Wildman–Crippen LogP) is 3.11. The summed E-state index contributed by atoms with van der Waals surface area (Å²) < 4.78 is 0.887. The first-order valence-corrected chi connectivity index (χ1v) is 7.00. The maximum atomic E-state index is 12.4. The number of nitrogens with one attached hydrogen (secondary N) is 1. The molecule has 0 spiro atoms. The van der Waals surface area contributed by atoms with Gasteiger partial charge in [-0.2, -0.15) is 0 Å². The molecule has 3 N–H and O–H groups in total. The molecule has 0 fully saturated rings. The van der Waals surface area contributed by atoms with Gasteiger partial charge in [0.25, 0.3) is 5.91 Å². The van der Waals surface area contributed by atoms with Crippen LogP contribution < -0.4 is 11.1 Å². The van der Waals surface area contributed by atoms with Gasteiger partial charge in [0.05, 0.1) is 10.4 Å². The van der Waals surface area contributed by atoms with Gasteiger partial charge in [-0.15, -0.1) is 17.8 Å². The van der Waals surface area contributed by atoms with Crippen molar-refractivity contribution in [2.24, 2.45) is 0 Å². The standard InChI is InChI=1S/C16H11N3OS/c1-2-10-4-3-5-11(8-10)19-16(20)15-14(17)12-6-7-18-9-13(12)21-15/h1,3-9H,17H2,(H,19,20). The van der Waals surface area contributed by atoms with Gasteiger partial charge in [-0.1, -0.05) is 12.0 Å². The average molecular weight is 293 g/mol. The van der Waals surface area contributed by atoms with E-state index in [2.05, 4.69) is 16.2 Å². The van der Waals surface area contributed by atoms with Crippen molar-refractivity contribution in [1.29, 1.82) is 0 Å². The number of hydrogen-bond acceptors (Lipinski definition) is 4. The molecule has 0 aliphatic heterocycles. The molecule has 4 nitrogen and oxygen atoms in total. The first-order chi connectivity index (χ1) is 10.2. The van der Waals surface area contributed by atoms with E-state index in [0.29, 0.717) is 21.8 Å². The minimum absolute atomic E-state index is 0.247. The summed E-state index contributed by atoms with van der Waals surface area (Å²) in [6, 6.07) is 8.92. The second-order valence-electron chi connectivity index (χ2n) is 4.40. The maximum Gasteiger partial charge on any atom is 0.267 e. The summed E-state index contributed by atoms with van der Waals surface area (Å²) in [5.74, 6) is 2.28. The lowest BCUT2D eigenvalue weighted by Crippen LogP contribution is -2.11. The van der Waals surface area contributed by atoms with Gasteiger partial charge in [0.1, 0.15) is 4.88 Å². The van der Waals surface area contributed by atoms with Gasteiger partial charge < -0.3 is 11.1 Å². The highest BCUT2D eigenvalue weighted by Gasteiger charge is 2.16. The lowest BCUT2D eigenvalue weighted by molar-refractivity contribution is 0.103. The largest absolute Gasteiger partial charge is 0.397 e. The van der Waals surface area contributed by atoms with Crippen molar-refractivity contribution in [2.75, 3.05) is 11.1 Å². The molecule has 0 bridgehead atoms. The molecule has 0 radical (unpaired) electrons. The van der Waals surface area contributed by atoms with Crippen molar-refractivity contribution in [1.82, 2.24) is 4.98 Å². The summed E-state index contributed by atoms with van der Waals surface area (Å²) in [6.45, 7) is 0. The molecule has 102 valence electrons.